The van der Waals surface area contributed by atoms with E-state index in [1.807, 2.05) is 0 Å². The summed E-state index contributed by atoms with van der Waals surface area (Å²) in [5, 5.41) is 0.127. The van der Waals surface area contributed by atoms with Crippen molar-refractivity contribution in [3.8, 4) is 5.88 Å². The highest BCUT2D eigenvalue weighted by Crippen LogP contribution is 2.26. The molecule has 1 heterocycles. The minimum Gasteiger partial charge on any atom is -0.470 e. The van der Waals surface area contributed by atoms with E-state index in [9.17, 15) is 13.2 Å². The molecule has 0 amide bonds. The van der Waals surface area contributed by atoms with Crippen molar-refractivity contribution in [3.05, 3.63) is 22.8 Å². The number of rotatable bonds is 4. The molecule has 16 heavy (non-hydrogen) atoms. The van der Waals surface area contributed by atoms with E-state index in [1.165, 1.54) is 12.3 Å². The Labute approximate surface area is 96.4 Å². The molecule has 90 valence electrons. The van der Waals surface area contributed by atoms with Gasteiger partial charge in [0.05, 0.1) is 0 Å². The van der Waals surface area contributed by atoms with E-state index < -0.39 is 18.7 Å². The van der Waals surface area contributed by atoms with Crippen LogP contribution < -0.4 is 4.74 Å². The molecule has 0 aliphatic heterocycles. The summed E-state index contributed by atoms with van der Waals surface area (Å²) in [6.07, 6.45) is -0.852. The summed E-state index contributed by atoms with van der Waals surface area (Å²) in [5.41, 5.74) is 0.781. The first-order valence-corrected chi connectivity index (χ1v) is 4.97. The summed E-state index contributed by atoms with van der Waals surface area (Å²) in [7, 11) is 0. The maximum Gasteiger partial charge on any atom is 0.311 e. The Morgan fingerprint density at radius 2 is 2.19 bits per heavy atom. The van der Waals surface area contributed by atoms with Gasteiger partial charge in [-0.15, -0.1) is 0 Å². The Morgan fingerprint density at radius 1 is 1.56 bits per heavy atom. The van der Waals surface area contributed by atoms with Gasteiger partial charge in [-0.1, -0.05) is 11.6 Å². The van der Waals surface area contributed by atoms with Crippen LogP contribution in [0.25, 0.3) is 0 Å². The molecule has 1 unspecified atom stereocenters. The molecule has 0 bridgehead atoms. The Bertz CT molecular complexity index is 371. The van der Waals surface area contributed by atoms with Crippen molar-refractivity contribution in [3.63, 3.8) is 0 Å². The largest absolute Gasteiger partial charge is 0.470 e. The first-order valence-electron chi connectivity index (χ1n) is 4.60. The summed E-state index contributed by atoms with van der Waals surface area (Å²) >= 11 is 5.71. The fourth-order valence-electron chi connectivity index (χ4n) is 0.907. The standard InChI is InChI=1S/C10H11ClF3NO/c1-6-3-8(11)9(15-4-6)16-5-10(13,14)7(2)12/h3-4,7H,5H2,1-2H3. The number of aromatic nitrogens is 1. The molecule has 0 saturated carbocycles. The van der Waals surface area contributed by atoms with E-state index in [0.29, 0.717) is 0 Å². The Balaban J connectivity index is 2.68. The van der Waals surface area contributed by atoms with Gasteiger partial charge in [0.2, 0.25) is 5.88 Å². The lowest BCUT2D eigenvalue weighted by Crippen LogP contribution is -2.34. The molecule has 0 saturated heterocycles. The number of ether oxygens (including phenoxy) is 1. The minimum atomic E-state index is -3.55. The summed E-state index contributed by atoms with van der Waals surface area (Å²) < 4.78 is 42.9. The Kier molecular flexibility index (Phi) is 4.02. The highest BCUT2D eigenvalue weighted by Gasteiger charge is 2.38. The van der Waals surface area contributed by atoms with Gasteiger partial charge < -0.3 is 4.74 Å². The Morgan fingerprint density at radius 3 is 2.69 bits per heavy atom. The van der Waals surface area contributed by atoms with Crippen LogP contribution in [0.3, 0.4) is 0 Å². The van der Waals surface area contributed by atoms with Crippen molar-refractivity contribution in [2.75, 3.05) is 6.61 Å². The van der Waals surface area contributed by atoms with Crippen molar-refractivity contribution in [1.82, 2.24) is 4.98 Å². The molecule has 0 spiro atoms. The molecule has 1 rings (SSSR count). The molecule has 0 radical (unpaired) electrons. The van der Waals surface area contributed by atoms with Gasteiger partial charge in [-0.05, 0) is 25.5 Å². The second-order valence-corrected chi connectivity index (χ2v) is 3.87. The van der Waals surface area contributed by atoms with Crippen LogP contribution in [0.15, 0.2) is 12.3 Å². The predicted molar refractivity (Wildman–Crippen MR) is 55.0 cm³/mol. The summed E-state index contributed by atoms with van der Waals surface area (Å²) in [6, 6.07) is 1.53. The minimum absolute atomic E-state index is 0.118. The molecule has 2 nitrogen and oxygen atoms in total. The number of pyridine rings is 1. The highest BCUT2D eigenvalue weighted by atomic mass is 35.5. The van der Waals surface area contributed by atoms with Gasteiger partial charge in [0.15, 0.2) is 12.8 Å². The number of nitrogens with zero attached hydrogens (tertiary/aromatic N) is 1. The zero-order valence-electron chi connectivity index (χ0n) is 8.81. The number of hydrogen-bond donors (Lipinski definition) is 0. The van der Waals surface area contributed by atoms with E-state index in [4.69, 9.17) is 11.6 Å². The molecule has 1 atom stereocenters. The molecular weight excluding hydrogens is 243 g/mol. The molecule has 0 aromatic carbocycles. The van der Waals surface area contributed by atoms with Gasteiger partial charge in [-0.3, -0.25) is 0 Å². The quantitative estimate of drug-likeness (QED) is 0.820. The zero-order chi connectivity index (χ0) is 12.3. The van der Waals surface area contributed by atoms with Gasteiger partial charge in [-0.25, -0.2) is 9.37 Å². The van der Waals surface area contributed by atoms with Crippen molar-refractivity contribution in [2.24, 2.45) is 0 Å². The van der Waals surface area contributed by atoms with Crippen LogP contribution in [0.2, 0.25) is 5.02 Å². The molecule has 6 heteroatoms. The number of aryl methyl sites for hydroxylation is 1. The molecule has 0 aliphatic rings. The average molecular weight is 254 g/mol. The second-order valence-electron chi connectivity index (χ2n) is 3.47. The third-order valence-corrected chi connectivity index (χ3v) is 2.20. The van der Waals surface area contributed by atoms with Crippen LogP contribution >= 0.6 is 11.6 Å². The lowest BCUT2D eigenvalue weighted by molar-refractivity contribution is -0.0948. The first-order chi connectivity index (χ1) is 7.33. The molecule has 0 N–H and O–H groups in total. The zero-order valence-corrected chi connectivity index (χ0v) is 9.56. The normalized spacial score (nSPS) is 13.6. The van der Waals surface area contributed by atoms with Gasteiger partial charge in [0.25, 0.3) is 0 Å². The molecule has 0 fully saturated rings. The SMILES string of the molecule is Cc1cnc(OCC(F)(F)C(C)F)c(Cl)c1. The average Bonchev–Trinajstić information content (AvgIpc) is 2.16. The van der Waals surface area contributed by atoms with E-state index >= 15 is 0 Å². The van der Waals surface area contributed by atoms with Gasteiger partial charge >= 0.3 is 5.92 Å². The summed E-state index contributed by atoms with van der Waals surface area (Å²) in [6.45, 7) is 1.44. The highest BCUT2D eigenvalue weighted by molar-refractivity contribution is 6.31. The fraction of sp³-hybridized carbons (Fsp3) is 0.500. The third-order valence-electron chi connectivity index (χ3n) is 1.93. The van der Waals surface area contributed by atoms with Crippen molar-refractivity contribution in [2.45, 2.75) is 25.9 Å². The van der Waals surface area contributed by atoms with E-state index in [-0.39, 0.29) is 10.9 Å². The number of hydrogen-bond acceptors (Lipinski definition) is 2. The maximum absolute atomic E-state index is 12.9. The monoisotopic (exact) mass is 253 g/mol. The smallest absolute Gasteiger partial charge is 0.311 e. The first kappa shape index (κ1) is 13.1. The van der Waals surface area contributed by atoms with E-state index in [1.54, 1.807) is 6.92 Å². The van der Waals surface area contributed by atoms with Crippen LogP contribution in [0.4, 0.5) is 13.2 Å². The fourth-order valence-corrected chi connectivity index (χ4v) is 1.18. The summed E-state index contributed by atoms with van der Waals surface area (Å²) in [4.78, 5) is 3.73. The molecular formula is C10H11ClF3NO. The van der Waals surface area contributed by atoms with Crippen LogP contribution in [0, 0.1) is 6.92 Å². The second kappa shape index (κ2) is 4.91. The lowest BCUT2D eigenvalue weighted by Gasteiger charge is -2.18. The van der Waals surface area contributed by atoms with Gasteiger partial charge in [0.1, 0.15) is 5.02 Å². The predicted octanol–water partition coefficient (Wildman–Crippen LogP) is 3.42. The van der Waals surface area contributed by atoms with Gasteiger partial charge in [-0.2, -0.15) is 8.78 Å². The van der Waals surface area contributed by atoms with E-state index in [2.05, 4.69) is 9.72 Å². The molecule has 1 aromatic rings. The molecule has 0 aliphatic carbocycles. The van der Waals surface area contributed by atoms with Crippen molar-refractivity contribution in [1.29, 1.82) is 0 Å². The maximum atomic E-state index is 12.9. The third kappa shape index (κ3) is 3.27. The van der Waals surface area contributed by atoms with Crippen LogP contribution in [-0.2, 0) is 0 Å². The van der Waals surface area contributed by atoms with Crippen molar-refractivity contribution >= 4 is 11.6 Å². The number of halogens is 4. The van der Waals surface area contributed by atoms with E-state index in [0.717, 1.165) is 12.5 Å². The topological polar surface area (TPSA) is 22.1 Å². The van der Waals surface area contributed by atoms with Crippen LogP contribution in [-0.4, -0.2) is 23.7 Å². The van der Waals surface area contributed by atoms with Crippen LogP contribution in [0.1, 0.15) is 12.5 Å². The number of alkyl halides is 3. The van der Waals surface area contributed by atoms with Gasteiger partial charge in [0, 0.05) is 6.20 Å². The van der Waals surface area contributed by atoms with Crippen molar-refractivity contribution < 1.29 is 17.9 Å². The molecule has 1 aromatic heterocycles. The van der Waals surface area contributed by atoms with Crippen LogP contribution in [0.5, 0.6) is 5.88 Å². The Hall–Kier alpha value is -0.970. The summed E-state index contributed by atoms with van der Waals surface area (Å²) in [5.74, 6) is -3.66. The lowest BCUT2D eigenvalue weighted by atomic mass is 10.2.